The van der Waals surface area contributed by atoms with Gasteiger partial charge < -0.3 is 15.4 Å². The number of carbonyl (C=O) groups excluding carboxylic acids is 1. The number of alkyl halides is 6. The number of urea groups is 1. The first-order valence-electron chi connectivity index (χ1n) is 9.29. The molecule has 3 rings (SSSR count). The molecule has 0 bridgehead atoms. The first-order valence-corrected chi connectivity index (χ1v) is 9.29. The van der Waals surface area contributed by atoms with E-state index in [2.05, 4.69) is 23.5 Å². The van der Waals surface area contributed by atoms with E-state index in [9.17, 15) is 31.1 Å². The smallest absolute Gasteiger partial charge is 0.377 e. The van der Waals surface area contributed by atoms with Gasteiger partial charge in [0.05, 0.1) is 23.8 Å². The third-order valence-electron chi connectivity index (χ3n) is 4.09. The zero-order valence-electron chi connectivity index (χ0n) is 17.1. The van der Waals surface area contributed by atoms with Gasteiger partial charge in [0.15, 0.2) is 0 Å². The minimum atomic E-state index is -4.82. The molecule has 0 aromatic heterocycles. The van der Waals surface area contributed by atoms with Crippen molar-refractivity contribution in [1.29, 1.82) is 0 Å². The summed E-state index contributed by atoms with van der Waals surface area (Å²) in [5.41, 5.74) is -1.66. The quantitative estimate of drug-likeness (QED) is 0.464. The van der Waals surface area contributed by atoms with Crippen LogP contribution in [0.25, 0.3) is 0 Å². The lowest BCUT2D eigenvalue weighted by Crippen LogP contribution is -2.21. The second-order valence-electron chi connectivity index (χ2n) is 6.37. The van der Waals surface area contributed by atoms with Gasteiger partial charge in [-0.05, 0) is 36.2 Å². The fourth-order valence-electron chi connectivity index (χ4n) is 2.66. The summed E-state index contributed by atoms with van der Waals surface area (Å²) in [6, 6.07) is 11.4. The summed E-state index contributed by atoms with van der Waals surface area (Å²) >= 11 is 0. The van der Waals surface area contributed by atoms with Crippen molar-refractivity contribution in [2.24, 2.45) is 0 Å². The Morgan fingerprint density at radius 1 is 0.969 bits per heavy atom. The molecule has 174 valence electrons. The van der Waals surface area contributed by atoms with Crippen molar-refractivity contribution in [3.63, 3.8) is 0 Å². The van der Waals surface area contributed by atoms with Gasteiger partial charge in [-0.15, -0.1) is 12.8 Å². The number of benzene rings is 2. The van der Waals surface area contributed by atoms with E-state index in [4.69, 9.17) is 4.74 Å². The topological polar surface area (TPSA) is 50.4 Å². The molecule has 4 nitrogen and oxygen atoms in total. The molecule has 1 fully saturated rings. The summed E-state index contributed by atoms with van der Waals surface area (Å²) in [4.78, 5) is 10.8. The fourth-order valence-corrected chi connectivity index (χ4v) is 2.66. The summed E-state index contributed by atoms with van der Waals surface area (Å²) in [6.45, 7) is 2.20. The highest BCUT2D eigenvalue weighted by Gasteiger charge is 2.36. The Morgan fingerprint density at radius 3 is 1.91 bits per heavy atom. The van der Waals surface area contributed by atoms with Crippen LogP contribution in [0.2, 0.25) is 0 Å². The minimum Gasteiger partial charge on any atom is -0.377 e. The maximum Gasteiger partial charge on any atom is 0.416 e. The zero-order chi connectivity index (χ0) is 24.4. The van der Waals surface area contributed by atoms with E-state index in [1.807, 2.05) is 30.3 Å². The van der Waals surface area contributed by atoms with Crippen molar-refractivity contribution in [3.05, 3.63) is 70.8 Å². The van der Waals surface area contributed by atoms with Crippen LogP contribution in [0.15, 0.2) is 48.5 Å². The monoisotopic (exact) mass is 460 g/mol. The number of nitrogens with one attached hydrogen (secondary N) is 2. The number of terminal acetylenes is 1. The van der Waals surface area contributed by atoms with Crippen LogP contribution in [0.5, 0.6) is 0 Å². The molecule has 2 amide bonds. The summed E-state index contributed by atoms with van der Waals surface area (Å²) in [5, 5.41) is 5.54. The van der Waals surface area contributed by atoms with Crippen LogP contribution in [0.1, 0.15) is 35.2 Å². The Kier molecular flexibility index (Phi) is 10.1. The van der Waals surface area contributed by atoms with E-state index in [1.54, 1.807) is 6.92 Å². The molecule has 0 saturated carbocycles. The highest BCUT2D eigenvalue weighted by Crippen LogP contribution is 2.36. The fraction of sp³-hybridized carbons (Fsp3) is 0.318. The molecule has 1 saturated heterocycles. The van der Waals surface area contributed by atoms with Gasteiger partial charge in [0.25, 0.3) is 0 Å². The molecule has 0 radical (unpaired) electrons. The third kappa shape index (κ3) is 8.51. The number of hydrogen-bond acceptors (Lipinski definition) is 2. The molecule has 1 heterocycles. The first kappa shape index (κ1) is 26.8. The van der Waals surface area contributed by atoms with Crippen LogP contribution in [0.3, 0.4) is 0 Å². The SMILES string of the molecule is C#C.CCOCc1cc(C(F)(F)F)cc(C(F)(F)F)c1.O=C1NC[C@@H](c2ccccc2)N1. The van der Waals surface area contributed by atoms with Crippen molar-refractivity contribution in [2.45, 2.75) is 31.9 Å². The Bertz CT molecular complexity index is 847. The molecule has 1 aliphatic rings. The van der Waals surface area contributed by atoms with Crippen LogP contribution >= 0.6 is 0 Å². The van der Waals surface area contributed by atoms with Gasteiger partial charge in [0.1, 0.15) is 0 Å². The van der Waals surface area contributed by atoms with E-state index in [0.29, 0.717) is 18.7 Å². The van der Waals surface area contributed by atoms with Crippen molar-refractivity contribution < 1.29 is 35.9 Å². The number of hydrogen-bond donors (Lipinski definition) is 2. The minimum absolute atomic E-state index is 0.0798. The molecular formula is C22H22F6N2O2. The van der Waals surface area contributed by atoms with Gasteiger partial charge in [0.2, 0.25) is 0 Å². The predicted octanol–water partition coefficient (Wildman–Crippen LogP) is 5.55. The van der Waals surface area contributed by atoms with Crippen molar-refractivity contribution in [1.82, 2.24) is 10.6 Å². The highest BCUT2D eigenvalue weighted by atomic mass is 19.4. The lowest BCUT2D eigenvalue weighted by Gasteiger charge is -2.14. The van der Waals surface area contributed by atoms with E-state index < -0.39 is 23.5 Å². The summed E-state index contributed by atoms with van der Waals surface area (Å²) in [6.07, 6.45) is -1.63. The van der Waals surface area contributed by atoms with Gasteiger partial charge in [-0.1, -0.05) is 30.3 Å². The summed E-state index contributed by atoms with van der Waals surface area (Å²) in [5.74, 6) is 0. The molecule has 2 N–H and O–H groups in total. The number of amides is 2. The van der Waals surface area contributed by atoms with Crippen LogP contribution < -0.4 is 10.6 Å². The molecule has 10 heteroatoms. The Hall–Kier alpha value is -3.19. The van der Waals surface area contributed by atoms with Crippen LogP contribution in [0, 0.1) is 12.8 Å². The summed E-state index contributed by atoms with van der Waals surface area (Å²) < 4.78 is 79.5. The summed E-state index contributed by atoms with van der Waals surface area (Å²) in [7, 11) is 0. The van der Waals surface area contributed by atoms with Gasteiger partial charge in [0, 0.05) is 13.2 Å². The molecule has 0 spiro atoms. The van der Waals surface area contributed by atoms with E-state index in [1.165, 1.54) is 0 Å². The lowest BCUT2D eigenvalue weighted by atomic mass is 10.1. The molecule has 32 heavy (non-hydrogen) atoms. The van der Waals surface area contributed by atoms with Crippen LogP contribution in [-0.2, 0) is 23.7 Å². The molecular weight excluding hydrogens is 438 g/mol. The van der Waals surface area contributed by atoms with E-state index in [-0.39, 0.29) is 36.9 Å². The van der Waals surface area contributed by atoms with Crippen molar-refractivity contribution in [3.8, 4) is 12.8 Å². The Morgan fingerprint density at radius 2 is 1.50 bits per heavy atom. The molecule has 1 atom stereocenters. The second-order valence-corrected chi connectivity index (χ2v) is 6.37. The normalized spacial score (nSPS) is 15.4. The third-order valence-corrected chi connectivity index (χ3v) is 4.09. The van der Waals surface area contributed by atoms with Crippen molar-refractivity contribution >= 4 is 6.03 Å². The van der Waals surface area contributed by atoms with Gasteiger partial charge in [-0.3, -0.25) is 0 Å². The largest absolute Gasteiger partial charge is 0.416 e. The number of rotatable bonds is 4. The number of carbonyl (C=O) groups is 1. The predicted molar refractivity (Wildman–Crippen MR) is 107 cm³/mol. The Balaban J connectivity index is 0.000000315. The number of ether oxygens (including phenoxy) is 1. The van der Waals surface area contributed by atoms with Crippen LogP contribution in [-0.4, -0.2) is 19.2 Å². The molecule has 2 aromatic rings. The van der Waals surface area contributed by atoms with Gasteiger partial charge in [-0.25, -0.2) is 4.79 Å². The molecule has 2 aromatic carbocycles. The average Bonchev–Trinajstić information content (AvgIpc) is 3.20. The lowest BCUT2D eigenvalue weighted by molar-refractivity contribution is -0.143. The first-order chi connectivity index (χ1) is 15.0. The van der Waals surface area contributed by atoms with Crippen LogP contribution in [0.4, 0.5) is 31.1 Å². The maximum absolute atomic E-state index is 12.5. The second kappa shape index (κ2) is 12.0. The molecule has 0 aliphatic carbocycles. The Labute approximate surface area is 182 Å². The van der Waals surface area contributed by atoms with Gasteiger partial charge >= 0.3 is 18.4 Å². The van der Waals surface area contributed by atoms with E-state index >= 15 is 0 Å². The van der Waals surface area contributed by atoms with Crippen molar-refractivity contribution in [2.75, 3.05) is 13.2 Å². The maximum atomic E-state index is 12.5. The van der Waals surface area contributed by atoms with Gasteiger partial charge in [-0.2, -0.15) is 26.3 Å². The van der Waals surface area contributed by atoms with E-state index in [0.717, 1.165) is 5.56 Å². The average molecular weight is 460 g/mol. The standard InChI is InChI=1S/C11H10F6O.C9H10N2O.C2H2/c1-2-18-6-7-3-8(10(12,13)14)5-9(4-7)11(15,16)17;12-9-10-6-8(11-9)7-4-2-1-3-5-7;1-2/h3-5H,2,6H2,1H3;1-5,8H,6H2,(H2,10,11,12);1-2H/t;8-;/m.0./s1. The molecule has 0 unspecified atom stereocenters. The molecule has 1 aliphatic heterocycles. The highest BCUT2D eigenvalue weighted by molar-refractivity contribution is 5.76. The number of halogens is 6. The zero-order valence-corrected chi connectivity index (χ0v) is 17.1.